The van der Waals surface area contributed by atoms with Crippen molar-refractivity contribution in [3.63, 3.8) is 0 Å². The van der Waals surface area contributed by atoms with Gasteiger partial charge in [0.05, 0.1) is 11.4 Å². The van der Waals surface area contributed by atoms with Gasteiger partial charge in [0.1, 0.15) is 6.29 Å². The van der Waals surface area contributed by atoms with Gasteiger partial charge in [0, 0.05) is 11.3 Å². The Labute approximate surface area is 107 Å². The van der Waals surface area contributed by atoms with Gasteiger partial charge in [-0.3, -0.25) is 4.79 Å². The molecule has 0 aliphatic heterocycles. The van der Waals surface area contributed by atoms with Crippen molar-refractivity contribution in [1.29, 1.82) is 0 Å². The number of aromatic nitrogens is 2. The summed E-state index contributed by atoms with van der Waals surface area (Å²) in [6.07, 6.45) is 2.77. The maximum Gasteiger partial charge on any atom is 0.150 e. The van der Waals surface area contributed by atoms with Crippen LogP contribution in [-0.2, 0) is 12.8 Å². The molecular formula is C15H18N2O. The van der Waals surface area contributed by atoms with Crippen LogP contribution in [0.4, 0.5) is 0 Å². The zero-order chi connectivity index (χ0) is 13.1. The zero-order valence-electron chi connectivity index (χ0n) is 11.1. The van der Waals surface area contributed by atoms with E-state index in [2.05, 4.69) is 25.0 Å². The van der Waals surface area contributed by atoms with Crippen molar-refractivity contribution in [2.24, 2.45) is 0 Å². The van der Waals surface area contributed by atoms with Crippen LogP contribution in [0.25, 0.3) is 5.69 Å². The van der Waals surface area contributed by atoms with E-state index in [4.69, 9.17) is 0 Å². The SMILES string of the molecule is CCc1cc(CC)n(-c2ccc(C=O)c(C)c2)n1. The van der Waals surface area contributed by atoms with Crippen molar-refractivity contribution >= 4 is 6.29 Å². The number of nitrogens with zero attached hydrogens (tertiary/aromatic N) is 2. The summed E-state index contributed by atoms with van der Waals surface area (Å²) in [5.74, 6) is 0. The second kappa shape index (κ2) is 5.17. The number of hydrogen-bond donors (Lipinski definition) is 0. The Kier molecular flexibility index (Phi) is 3.60. The molecule has 0 N–H and O–H groups in total. The predicted molar refractivity (Wildman–Crippen MR) is 72.4 cm³/mol. The normalized spacial score (nSPS) is 10.6. The molecule has 0 unspecified atom stereocenters. The molecule has 0 saturated carbocycles. The summed E-state index contributed by atoms with van der Waals surface area (Å²) < 4.78 is 1.97. The third-order valence-corrected chi connectivity index (χ3v) is 3.18. The number of hydrogen-bond acceptors (Lipinski definition) is 2. The predicted octanol–water partition coefficient (Wildman–Crippen LogP) is 3.12. The highest BCUT2D eigenvalue weighted by Crippen LogP contribution is 2.17. The molecule has 0 aliphatic carbocycles. The number of aldehydes is 1. The van der Waals surface area contributed by atoms with Gasteiger partial charge in [-0.25, -0.2) is 4.68 Å². The molecule has 0 atom stereocenters. The average molecular weight is 242 g/mol. The lowest BCUT2D eigenvalue weighted by molar-refractivity contribution is 0.112. The number of carbonyl (C=O) groups is 1. The summed E-state index contributed by atoms with van der Waals surface area (Å²) in [4.78, 5) is 10.8. The van der Waals surface area contributed by atoms with Crippen LogP contribution in [0.3, 0.4) is 0 Å². The lowest BCUT2D eigenvalue weighted by atomic mass is 10.1. The molecule has 0 fully saturated rings. The fourth-order valence-corrected chi connectivity index (χ4v) is 2.05. The summed E-state index contributed by atoms with van der Waals surface area (Å²) in [5.41, 5.74) is 5.04. The van der Waals surface area contributed by atoms with Gasteiger partial charge in [0.15, 0.2) is 0 Å². The third-order valence-electron chi connectivity index (χ3n) is 3.18. The van der Waals surface area contributed by atoms with E-state index in [0.717, 1.165) is 41.6 Å². The van der Waals surface area contributed by atoms with Crippen LogP contribution < -0.4 is 0 Å². The van der Waals surface area contributed by atoms with Gasteiger partial charge in [-0.05, 0) is 49.6 Å². The summed E-state index contributed by atoms with van der Waals surface area (Å²) in [6, 6.07) is 7.95. The standard InChI is InChI=1S/C15H18N2O/c1-4-13-9-14(5-2)17(16-13)15-7-6-12(10-18)11(3)8-15/h6-10H,4-5H2,1-3H3. The van der Waals surface area contributed by atoms with Crippen molar-refractivity contribution in [2.75, 3.05) is 0 Å². The van der Waals surface area contributed by atoms with Gasteiger partial charge in [0.2, 0.25) is 0 Å². The quantitative estimate of drug-likeness (QED) is 0.772. The van der Waals surface area contributed by atoms with Gasteiger partial charge in [-0.15, -0.1) is 0 Å². The Morgan fingerprint density at radius 2 is 2.00 bits per heavy atom. The molecule has 0 bridgehead atoms. The Balaban J connectivity index is 2.50. The van der Waals surface area contributed by atoms with Gasteiger partial charge in [-0.1, -0.05) is 13.8 Å². The summed E-state index contributed by atoms with van der Waals surface area (Å²) in [7, 11) is 0. The summed E-state index contributed by atoms with van der Waals surface area (Å²) in [6.45, 7) is 6.18. The maximum absolute atomic E-state index is 10.8. The van der Waals surface area contributed by atoms with E-state index in [1.165, 1.54) is 5.69 Å². The molecule has 3 heteroatoms. The maximum atomic E-state index is 10.8. The minimum absolute atomic E-state index is 0.736. The Bertz CT molecular complexity index is 570. The van der Waals surface area contributed by atoms with Crippen molar-refractivity contribution in [2.45, 2.75) is 33.6 Å². The molecule has 0 radical (unpaired) electrons. The van der Waals surface area contributed by atoms with Crippen molar-refractivity contribution in [3.8, 4) is 5.69 Å². The Morgan fingerprint density at radius 3 is 2.56 bits per heavy atom. The van der Waals surface area contributed by atoms with Crippen molar-refractivity contribution in [1.82, 2.24) is 9.78 Å². The first kappa shape index (κ1) is 12.6. The highest BCUT2D eigenvalue weighted by Gasteiger charge is 2.08. The largest absolute Gasteiger partial charge is 0.298 e. The molecule has 0 saturated heterocycles. The fourth-order valence-electron chi connectivity index (χ4n) is 2.05. The Morgan fingerprint density at radius 1 is 1.22 bits per heavy atom. The van der Waals surface area contributed by atoms with E-state index in [9.17, 15) is 4.79 Å². The molecule has 0 amide bonds. The topological polar surface area (TPSA) is 34.9 Å². The molecule has 0 aliphatic rings. The highest BCUT2D eigenvalue weighted by atomic mass is 16.1. The molecule has 18 heavy (non-hydrogen) atoms. The molecule has 0 spiro atoms. The number of benzene rings is 1. The minimum atomic E-state index is 0.736. The van der Waals surface area contributed by atoms with E-state index in [1.807, 2.05) is 29.8 Å². The van der Waals surface area contributed by atoms with Crippen LogP contribution in [0.15, 0.2) is 24.3 Å². The monoisotopic (exact) mass is 242 g/mol. The second-order valence-corrected chi connectivity index (χ2v) is 4.40. The fraction of sp³-hybridized carbons (Fsp3) is 0.333. The number of aryl methyl sites for hydroxylation is 3. The van der Waals surface area contributed by atoms with Crippen LogP contribution in [0.5, 0.6) is 0 Å². The Hall–Kier alpha value is -1.90. The van der Waals surface area contributed by atoms with Crippen LogP contribution >= 0.6 is 0 Å². The van der Waals surface area contributed by atoms with Crippen LogP contribution in [0.2, 0.25) is 0 Å². The third kappa shape index (κ3) is 2.21. The lowest BCUT2D eigenvalue weighted by Gasteiger charge is -2.08. The summed E-state index contributed by atoms with van der Waals surface area (Å²) in [5, 5.41) is 4.59. The van der Waals surface area contributed by atoms with E-state index in [-0.39, 0.29) is 0 Å². The highest BCUT2D eigenvalue weighted by molar-refractivity contribution is 5.77. The molecule has 2 aromatic rings. The average Bonchev–Trinajstić information content (AvgIpc) is 2.82. The van der Waals surface area contributed by atoms with Crippen LogP contribution in [0.1, 0.15) is 41.2 Å². The molecule has 1 heterocycles. The first-order valence-corrected chi connectivity index (χ1v) is 6.33. The van der Waals surface area contributed by atoms with E-state index >= 15 is 0 Å². The van der Waals surface area contributed by atoms with Crippen molar-refractivity contribution < 1.29 is 4.79 Å². The van der Waals surface area contributed by atoms with E-state index < -0.39 is 0 Å². The van der Waals surface area contributed by atoms with Crippen molar-refractivity contribution in [3.05, 3.63) is 46.8 Å². The smallest absolute Gasteiger partial charge is 0.150 e. The molecule has 3 nitrogen and oxygen atoms in total. The zero-order valence-corrected chi connectivity index (χ0v) is 11.1. The lowest BCUT2D eigenvalue weighted by Crippen LogP contribution is -2.02. The number of carbonyl (C=O) groups excluding carboxylic acids is 1. The second-order valence-electron chi connectivity index (χ2n) is 4.40. The van der Waals surface area contributed by atoms with Gasteiger partial charge in [-0.2, -0.15) is 5.10 Å². The number of rotatable bonds is 4. The van der Waals surface area contributed by atoms with Gasteiger partial charge in [0.25, 0.3) is 0 Å². The summed E-state index contributed by atoms with van der Waals surface area (Å²) >= 11 is 0. The molecule has 1 aromatic heterocycles. The minimum Gasteiger partial charge on any atom is -0.298 e. The van der Waals surface area contributed by atoms with Gasteiger partial charge < -0.3 is 0 Å². The molecule has 1 aromatic carbocycles. The molecule has 2 rings (SSSR count). The first-order chi connectivity index (χ1) is 8.69. The first-order valence-electron chi connectivity index (χ1n) is 6.33. The molecule has 94 valence electrons. The van der Waals surface area contributed by atoms with E-state index in [0.29, 0.717) is 0 Å². The molecular weight excluding hydrogens is 224 g/mol. The van der Waals surface area contributed by atoms with Gasteiger partial charge >= 0.3 is 0 Å². The van der Waals surface area contributed by atoms with E-state index in [1.54, 1.807) is 0 Å². The van der Waals surface area contributed by atoms with Crippen LogP contribution in [0, 0.1) is 6.92 Å². The van der Waals surface area contributed by atoms with Crippen LogP contribution in [-0.4, -0.2) is 16.1 Å².